The molecule has 0 bridgehead atoms. The predicted octanol–water partition coefficient (Wildman–Crippen LogP) is 6.44. The normalized spacial score (nSPS) is 19.3. The molecule has 5 atom stereocenters. The molecule has 0 aliphatic carbocycles. The number of ether oxygens (including phenoxy) is 1. The lowest BCUT2D eigenvalue weighted by atomic mass is 9.81. The Morgan fingerprint density at radius 1 is 1.30 bits per heavy atom. The molecule has 37 heavy (non-hydrogen) atoms. The van der Waals surface area contributed by atoms with Gasteiger partial charge in [0.1, 0.15) is 6.61 Å². The van der Waals surface area contributed by atoms with Gasteiger partial charge in [-0.05, 0) is 68.6 Å². The minimum Gasteiger partial charge on any atom is -0.447 e. The molecular weight excluding hydrogens is 484 g/mol. The molecule has 0 saturated carbocycles. The van der Waals surface area contributed by atoms with Crippen LogP contribution in [0.5, 0.6) is 0 Å². The summed E-state index contributed by atoms with van der Waals surface area (Å²) in [5.74, 6) is -0.357. The number of nitrogens with zero attached hydrogens (tertiary/aromatic N) is 2. The van der Waals surface area contributed by atoms with Gasteiger partial charge in [0.25, 0.3) is 0 Å². The number of rotatable bonds is 12. The monoisotopic (exact) mass is 524 g/mol. The summed E-state index contributed by atoms with van der Waals surface area (Å²) in [6.45, 7) is 14.5. The lowest BCUT2D eigenvalue weighted by molar-refractivity contribution is -0.133. The van der Waals surface area contributed by atoms with E-state index in [9.17, 15) is 14.7 Å². The first-order valence-corrected chi connectivity index (χ1v) is 14.0. The maximum absolute atomic E-state index is 13.1. The van der Waals surface area contributed by atoms with Gasteiger partial charge in [0.15, 0.2) is 0 Å². The van der Waals surface area contributed by atoms with E-state index in [1.54, 1.807) is 11.3 Å². The first kappa shape index (κ1) is 28.8. The van der Waals surface area contributed by atoms with E-state index in [-0.39, 0.29) is 36.3 Å². The second-order valence-electron chi connectivity index (χ2n) is 10.4. The molecule has 1 aromatic carbocycles. The summed E-state index contributed by atoms with van der Waals surface area (Å²) in [5, 5.41) is 14.0. The number of benzene rings is 1. The number of hydrogen-bond donors (Lipinski definition) is 1. The molecule has 0 spiro atoms. The fourth-order valence-corrected chi connectivity index (χ4v) is 5.35. The van der Waals surface area contributed by atoms with E-state index in [0.29, 0.717) is 25.7 Å². The number of hydrogen-bond acceptors (Lipinski definition) is 6. The molecular formula is C30H40N2O4S. The molecule has 2 aromatic rings. The Bertz CT molecular complexity index is 1110. The first-order valence-electron chi connectivity index (χ1n) is 13.1. The van der Waals surface area contributed by atoms with Gasteiger partial charge in [-0.2, -0.15) is 0 Å². The SMILES string of the molecule is C=C(CCCC(C)C(=O)N1C(=O)OCC1Cc1ccccc1)C(O)C(C)C(C)/C(C)=C/c1csc(C)n1. The highest BCUT2D eigenvalue weighted by Gasteiger charge is 2.39. The van der Waals surface area contributed by atoms with E-state index in [4.69, 9.17) is 4.74 Å². The molecule has 0 radical (unpaired) electrons. The molecule has 2 heterocycles. The fourth-order valence-electron chi connectivity index (χ4n) is 4.78. The Labute approximate surface area is 225 Å². The summed E-state index contributed by atoms with van der Waals surface area (Å²) in [7, 11) is 0. The van der Waals surface area contributed by atoms with Crippen LogP contribution in [0.3, 0.4) is 0 Å². The van der Waals surface area contributed by atoms with Crippen molar-refractivity contribution in [2.24, 2.45) is 17.8 Å². The third-order valence-corrected chi connectivity index (χ3v) is 8.30. The lowest BCUT2D eigenvalue weighted by Crippen LogP contribution is -2.43. The number of aromatic nitrogens is 1. The van der Waals surface area contributed by atoms with Crippen molar-refractivity contribution in [3.8, 4) is 0 Å². The Balaban J connectivity index is 1.49. The number of carbonyl (C=O) groups is 2. The van der Waals surface area contributed by atoms with Crippen molar-refractivity contribution in [2.45, 2.75) is 72.4 Å². The summed E-state index contributed by atoms with van der Waals surface area (Å²) in [6, 6.07) is 9.54. The van der Waals surface area contributed by atoms with E-state index in [1.165, 1.54) is 10.5 Å². The van der Waals surface area contributed by atoms with Gasteiger partial charge in [-0.15, -0.1) is 11.3 Å². The van der Waals surface area contributed by atoms with Crippen LogP contribution in [-0.2, 0) is 16.0 Å². The molecule has 2 amide bonds. The molecule has 1 N–H and O–H groups in total. The Kier molecular flexibility index (Phi) is 10.2. The maximum Gasteiger partial charge on any atom is 0.416 e. The van der Waals surface area contributed by atoms with Gasteiger partial charge in [0, 0.05) is 11.3 Å². The van der Waals surface area contributed by atoms with Crippen LogP contribution in [0.1, 0.15) is 63.2 Å². The average molecular weight is 525 g/mol. The van der Waals surface area contributed by atoms with Crippen LogP contribution in [0.2, 0.25) is 0 Å². The zero-order chi connectivity index (χ0) is 27.1. The van der Waals surface area contributed by atoms with Gasteiger partial charge in [-0.25, -0.2) is 14.7 Å². The molecule has 6 nitrogen and oxygen atoms in total. The van der Waals surface area contributed by atoms with E-state index in [0.717, 1.165) is 21.8 Å². The maximum atomic E-state index is 13.1. The number of aliphatic hydroxyl groups excluding tert-OH is 1. The fraction of sp³-hybridized carbons (Fsp3) is 0.500. The highest BCUT2D eigenvalue weighted by atomic mass is 32.1. The van der Waals surface area contributed by atoms with E-state index >= 15 is 0 Å². The van der Waals surface area contributed by atoms with Crippen molar-refractivity contribution in [1.82, 2.24) is 9.88 Å². The highest BCUT2D eigenvalue weighted by molar-refractivity contribution is 7.09. The Morgan fingerprint density at radius 3 is 2.65 bits per heavy atom. The molecule has 3 rings (SSSR count). The molecule has 1 fully saturated rings. The van der Waals surface area contributed by atoms with Gasteiger partial charge in [0.05, 0.1) is 22.8 Å². The highest BCUT2D eigenvalue weighted by Crippen LogP contribution is 2.30. The van der Waals surface area contributed by atoms with Crippen molar-refractivity contribution >= 4 is 29.4 Å². The van der Waals surface area contributed by atoms with Crippen LogP contribution in [-0.4, -0.2) is 45.7 Å². The predicted molar refractivity (Wildman–Crippen MR) is 149 cm³/mol. The number of imide groups is 1. The Hall–Kier alpha value is -2.77. The first-order chi connectivity index (χ1) is 17.6. The van der Waals surface area contributed by atoms with Crippen LogP contribution >= 0.6 is 11.3 Å². The number of aliphatic hydroxyl groups is 1. The molecule has 5 unspecified atom stereocenters. The number of carbonyl (C=O) groups excluding carboxylic acids is 2. The minimum atomic E-state index is -0.634. The van der Waals surface area contributed by atoms with E-state index < -0.39 is 12.2 Å². The van der Waals surface area contributed by atoms with Crippen LogP contribution < -0.4 is 0 Å². The molecule has 7 heteroatoms. The standard InChI is InChI=1S/C30H40N2O4S/c1-19(28(33)23(5)22(4)21(3)15-26-18-37-24(6)31-26)11-10-12-20(2)29(34)32-27(17-36-30(32)35)16-25-13-8-7-9-14-25/h7-9,13-15,18,20,22-23,27-28,33H,1,10-12,16-17H2,2-6H3/b21-15+. The third kappa shape index (κ3) is 7.62. The van der Waals surface area contributed by atoms with Crippen molar-refractivity contribution in [3.05, 3.63) is 69.7 Å². The number of aryl methyl sites for hydroxylation is 1. The second-order valence-corrected chi connectivity index (χ2v) is 11.4. The van der Waals surface area contributed by atoms with Crippen molar-refractivity contribution in [3.63, 3.8) is 0 Å². The summed E-state index contributed by atoms with van der Waals surface area (Å²) in [5.41, 5.74) is 3.97. The molecule has 200 valence electrons. The summed E-state index contributed by atoms with van der Waals surface area (Å²) in [6.07, 6.45) is 3.42. The molecule has 1 aliphatic heterocycles. The molecule has 1 aromatic heterocycles. The van der Waals surface area contributed by atoms with Gasteiger partial charge in [0.2, 0.25) is 5.91 Å². The van der Waals surface area contributed by atoms with Crippen LogP contribution in [0, 0.1) is 24.7 Å². The lowest BCUT2D eigenvalue weighted by Gasteiger charge is -2.28. The average Bonchev–Trinajstić information content (AvgIpc) is 3.46. The summed E-state index contributed by atoms with van der Waals surface area (Å²) >= 11 is 1.63. The Morgan fingerprint density at radius 2 is 2.00 bits per heavy atom. The van der Waals surface area contributed by atoms with Gasteiger partial charge in [-0.3, -0.25) is 4.79 Å². The van der Waals surface area contributed by atoms with E-state index in [2.05, 4.69) is 31.5 Å². The van der Waals surface area contributed by atoms with Gasteiger partial charge < -0.3 is 9.84 Å². The topological polar surface area (TPSA) is 79.7 Å². The van der Waals surface area contributed by atoms with Gasteiger partial charge in [-0.1, -0.05) is 63.3 Å². The van der Waals surface area contributed by atoms with E-state index in [1.807, 2.05) is 56.5 Å². The van der Waals surface area contributed by atoms with Crippen molar-refractivity contribution in [1.29, 1.82) is 0 Å². The number of cyclic esters (lactones) is 1. The van der Waals surface area contributed by atoms with Crippen molar-refractivity contribution < 1.29 is 19.4 Å². The second kappa shape index (κ2) is 13.2. The molecule has 1 saturated heterocycles. The molecule has 1 aliphatic rings. The smallest absolute Gasteiger partial charge is 0.416 e. The number of allylic oxidation sites excluding steroid dienone is 1. The summed E-state index contributed by atoms with van der Waals surface area (Å²) < 4.78 is 5.21. The van der Waals surface area contributed by atoms with Crippen molar-refractivity contribution in [2.75, 3.05) is 6.61 Å². The third-order valence-electron chi connectivity index (χ3n) is 7.50. The summed E-state index contributed by atoms with van der Waals surface area (Å²) in [4.78, 5) is 31.3. The quantitative estimate of drug-likeness (QED) is 0.323. The van der Waals surface area contributed by atoms with Gasteiger partial charge >= 0.3 is 6.09 Å². The van der Waals surface area contributed by atoms with Crippen LogP contribution in [0.4, 0.5) is 4.79 Å². The number of amides is 2. The van der Waals surface area contributed by atoms with Crippen LogP contribution in [0.25, 0.3) is 6.08 Å². The number of thiazole rings is 1. The zero-order valence-electron chi connectivity index (χ0n) is 22.6. The largest absolute Gasteiger partial charge is 0.447 e. The minimum absolute atomic E-state index is 0.000605. The zero-order valence-corrected chi connectivity index (χ0v) is 23.5. The van der Waals surface area contributed by atoms with Crippen LogP contribution in [0.15, 0.2) is 53.4 Å².